The number of fused-ring (bicyclic) bond motifs is 2. The maximum atomic E-state index is 12.5. The van der Waals surface area contributed by atoms with Crippen molar-refractivity contribution in [1.29, 1.82) is 0 Å². The van der Waals surface area contributed by atoms with E-state index in [0.29, 0.717) is 11.7 Å². The van der Waals surface area contributed by atoms with Crippen LogP contribution in [0.2, 0.25) is 0 Å². The molecule has 2 rings (SSSR count). The number of carbonyl (C=O) groups is 1. The van der Waals surface area contributed by atoms with Gasteiger partial charge in [0.1, 0.15) is 0 Å². The van der Waals surface area contributed by atoms with Crippen LogP contribution in [0, 0.1) is 16.7 Å². The van der Waals surface area contributed by atoms with E-state index in [4.69, 9.17) is 0 Å². The topological polar surface area (TPSA) is 17.1 Å². The van der Waals surface area contributed by atoms with Crippen LogP contribution in [0.25, 0.3) is 0 Å². The Morgan fingerprint density at radius 2 is 2.06 bits per heavy atom. The Balaban J connectivity index is 2.39. The third kappa shape index (κ3) is 1.55. The van der Waals surface area contributed by atoms with Crippen LogP contribution in [0.4, 0.5) is 0 Å². The Hall–Kier alpha value is -0.850. The van der Waals surface area contributed by atoms with E-state index >= 15 is 0 Å². The van der Waals surface area contributed by atoms with Crippen LogP contribution < -0.4 is 0 Å². The highest BCUT2D eigenvalue weighted by Crippen LogP contribution is 2.65. The molecule has 0 saturated heterocycles. The molecule has 2 aliphatic rings. The molecule has 0 aromatic carbocycles. The van der Waals surface area contributed by atoms with Crippen molar-refractivity contribution in [3.63, 3.8) is 0 Å². The molecule has 2 unspecified atom stereocenters. The predicted molar refractivity (Wildman–Crippen MR) is 71.8 cm³/mol. The summed E-state index contributed by atoms with van der Waals surface area (Å²) in [6.45, 7) is 11.0. The molecule has 0 radical (unpaired) electrons. The Kier molecular flexibility index (Phi) is 2.84. The molecule has 0 aromatic rings. The molecule has 0 aromatic heterocycles. The van der Waals surface area contributed by atoms with Gasteiger partial charge < -0.3 is 0 Å². The van der Waals surface area contributed by atoms with E-state index in [-0.39, 0.29) is 10.8 Å². The van der Waals surface area contributed by atoms with Crippen LogP contribution in [0.15, 0.2) is 23.3 Å². The predicted octanol–water partition coefficient (Wildman–Crippen LogP) is 4.29. The molecular formula is C16H24O. The molecule has 1 nitrogen and oxygen atoms in total. The summed E-state index contributed by atoms with van der Waals surface area (Å²) < 4.78 is 0. The van der Waals surface area contributed by atoms with Crippen LogP contribution in [0.3, 0.4) is 0 Å². The molecule has 2 fully saturated rings. The fourth-order valence-corrected chi connectivity index (χ4v) is 3.47. The summed E-state index contributed by atoms with van der Waals surface area (Å²) >= 11 is 0. The van der Waals surface area contributed by atoms with E-state index in [1.54, 1.807) is 0 Å². The Morgan fingerprint density at radius 1 is 1.41 bits per heavy atom. The second-order valence-electron chi connectivity index (χ2n) is 6.46. The first kappa shape index (κ1) is 12.6. The molecule has 17 heavy (non-hydrogen) atoms. The number of carbonyl (C=O) groups excluding carboxylic acids is 1. The lowest BCUT2D eigenvalue weighted by Crippen LogP contribution is -2.32. The first-order valence-electron chi connectivity index (χ1n) is 6.76. The fourth-order valence-electron chi connectivity index (χ4n) is 3.47. The Morgan fingerprint density at radius 3 is 2.53 bits per heavy atom. The van der Waals surface area contributed by atoms with Crippen molar-refractivity contribution < 1.29 is 4.79 Å². The standard InChI is InChI=1S/C16H24O/c1-6-11(2)7-8-12-13-9-10-16(5,14(12)17)15(13,3)4/h7-8,13H,6,9-10H2,1-5H3. The first-order chi connectivity index (χ1) is 7.84. The highest BCUT2D eigenvalue weighted by atomic mass is 16.1. The number of ketones is 1. The highest BCUT2D eigenvalue weighted by molar-refractivity contribution is 6.04. The summed E-state index contributed by atoms with van der Waals surface area (Å²) in [4.78, 5) is 12.5. The van der Waals surface area contributed by atoms with Gasteiger partial charge in [-0.2, -0.15) is 0 Å². The number of Topliss-reactive ketones (excluding diaryl/α,β-unsaturated/α-hetero) is 1. The quantitative estimate of drug-likeness (QED) is 0.649. The third-order valence-corrected chi connectivity index (χ3v) is 5.47. The number of hydrogen-bond acceptors (Lipinski definition) is 1. The molecule has 0 spiro atoms. The molecule has 2 saturated carbocycles. The maximum Gasteiger partial charge on any atom is 0.165 e. The van der Waals surface area contributed by atoms with Crippen LogP contribution in [-0.4, -0.2) is 5.78 Å². The molecule has 2 aliphatic carbocycles. The molecular weight excluding hydrogens is 208 g/mol. The number of rotatable bonds is 2. The monoisotopic (exact) mass is 232 g/mol. The van der Waals surface area contributed by atoms with E-state index in [9.17, 15) is 4.79 Å². The average molecular weight is 232 g/mol. The summed E-state index contributed by atoms with van der Waals surface area (Å²) in [7, 11) is 0. The number of allylic oxidation sites excluding steroid dienone is 4. The summed E-state index contributed by atoms with van der Waals surface area (Å²) in [5, 5.41) is 0. The zero-order chi connectivity index (χ0) is 12.8. The lowest BCUT2D eigenvalue weighted by Gasteiger charge is -2.31. The molecule has 1 heteroatoms. The van der Waals surface area contributed by atoms with Crippen molar-refractivity contribution in [2.45, 2.75) is 53.9 Å². The van der Waals surface area contributed by atoms with Crippen molar-refractivity contribution in [1.82, 2.24) is 0 Å². The van der Waals surface area contributed by atoms with Gasteiger partial charge in [0.05, 0.1) is 0 Å². The maximum absolute atomic E-state index is 12.5. The van der Waals surface area contributed by atoms with E-state index < -0.39 is 0 Å². The SMILES string of the molecule is CCC(C)=CC=C1C(=O)C2(C)CCC1C2(C)C. The molecule has 94 valence electrons. The normalized spacial score (nSPS) is 38.2. The summed E-state index contributed by atoms with van der Waals surface area (Å²) in [5.41, 5.74) is 2.45. The molecule has 0 heterocycles. The number of hydrogen-bond donors (Lipinski definition) is 0. The minimum atomic E-state index is -0.114. The van der Waals surface area contributed by atoms with Crippen molar-refractivity contribution in [2.75, 3.05) is 0 Å². The molecule has 2 bridgehead atoms. The zero-order valence-corrected chi connectivity index (χ0v) is 11.8. The minimum Gasteiger partial charge on any atom is -0.294 e. The van der Waals surface area contributed by atoms with E-state index in [2.05, 4.69) is 46.8 Å². The van der Waals surface area contributed by atoms with Crippen LogP contribution in [-0.2, 0) is 4.79 Å². The first-order valence-corrected chi connectivity index (χ1v) is 6.76. The van der Waals surface area contributed by atoms with Gasteiger partial charge in [0.25, 0.3) is 0 Å². The van der Waals surface area contributed by atoms with Gasteiger partial charge in [0, 0.05) is 5.41 Å². The van der Waals surface area contributed by atoms with Gasteiger partial charge in [0.2, 0.25) is 0 Å². The second-order valence-corrected chi connectivity index (χ2v) is 6.46. The molecule has 0 amide bonds. The average Bonchev–Trinajstić information content (AvgIpc) is 2.59. The lowest BCUT2D eigenvalue weighted by atomic mass is 9.70. The van der Waals surface area contributed by atoms with Gasteiger partial charge in [-0.3, -0.25) is 4.79 Å². The summed E-state index contributed by atoms with van der Waals surface area (Å²) in [6, 6.07) is 0. The van der Waals surface area contributed by atoms with Gasteiger partial charge in [-0.05, 0) is 43.1 Å². The van der Waals surface area contributed by atoms with Gasteiger partial charge >= 0.3 is 0 Å². The van der Waals surface area contributed by atoms with Crippen molar-refractivity contribution in [2.24, 2.45) is 16.7 Å². The summed E-state index contributed by atoms with van der Waals surface area (Å²) in [5.74, 6) is 0.875. The molecule has 0 N–H and O–H groups in total. The van der Waals surface area contributed by atoms with E-state index in [1.165, 1.54) is 12.0 Å². The molecule has 2 atom stereocenters. The van der Waals surface area contributed by atoms with Gasteiger partial charge in [-0.15, -0.1) is 0 Å². The third-order valence-electron chi connectivity index (χ3n) is 5.47. The molecule has 0 aliphatic heterocycles. The highest BCUT2D eigenvalue weighted by Gasteiger charge is 2.63. The van der Waals surface area contributed by atoms with Gasteiger partial charge in [0.15, 0.2) is 5.78 Å². The van der Waals surface area contributed by atoms with Gasteiger partial charge in [-0.25, -0.2) is 0 Å². The summed E-state index contributed by atoms with van der Waals surface area (Å²) in [6.07, 6.45) is 7.53. The van der Waals surface area contributed by atoms with Crippen molar-refractivity contribution >= 4 is 5.78 Å². The Bertz CT molecular complexity index is 411. The smallest absolute Gasteiger partial charge is 0.165 e. The second kappa shape index (κ2) is 3.83. The van der Waals surface area contributed by atoms with E-state index in [1.807, 2.05) is 0 Å². The van der Waals surface area contributed by atoms with Crippen LogP contribution in [0.5, 0.6) is 0 Å². The minimum absolute atomic E-state index is 0.114. The van der Waals surface area contributed by atoms with Crippen LogP contribution >= 0.6 is 0 Å². The van der Waals surface area contributed by atoms with E-state index in [0.717, 1.165) is 18.4 Å². The fraction of sp³-hybridized carbons (Fsp3) is 0.688. The van der Waals surface area contributed by atoms with Crippen molar-refractivity contribution in [3.8, 4) is 0 Å². The van der Waals surface area contributed by atoms with Gasteiger partial charge in [-0.1, -0.05) is 45.4 Å². The largest absolute Gasteiger partial charge is 0.294 e. The zero-order valence-electron chi connectivity index (χ0n) is 11.8. The lowest BCUT2D eigenvalue weighted by molar-refractivity contribution is -0.125. The van der Waals surface area contributed by atoms with Crippen LogP contribution in [0.1, 0.15) is 53.9 Å². The van der Waals surface area contributed by atoms with Crippen molar-refractivity contribution in [3.05, 3.63) is 23.3 Å². The Labute approximate surface area is 105 Å².